The second-order valence-corrected chi connectivity index (χ2v) is 6.04. The molecule has 1 aliphatic rings. The zero-order chi connectivity index (χ0) is 13.7. The molecule has 1 aromatic carbocycles. The fourth-order valence-corrected chi connectivity index (χ4v) is 2.77. The molecule has 0 aromatic heterocycles. The SMILES string of the molecule is Cc1ccc(NCCC(=O)NC2CCCC2)cc1Br. The van der Waals surface area contributed by atoms with Crippen LogP contribution in [-0.4, -0.2) is 18.5 Å². The number of carbonyl (C=O) groups is 1. The number of rotatable bonds is 5. The molecule has 0 heterocycles. The molecule has 1 aromatic rings. The summed E-state index contributed by atoms with van der Waals surface area (Å²) in [4.78, 5) is 11.7. The van der Waals surface area contributed by atoms with Crippen LogP contribution in [0.5, 0.6) is 0 Å². The third-order valence-electron chi connectivity index (χ3n) is 3.57. The summed E-state index contributed by atoms with van der Waals surface area (Å²) in [5.74, 6) is 0.158. The molecule has 0 atom stereocenters. The molecule has 0 spiro atoms. The zero-order valence-corrected chi connectivity index (χ0v) is 12.9. The molecule has 19 heavy (non-hydrogen) atoms. The van der Waals surface area contributed by atoms with Crippen molar-refractivity contribution < 1.29 is 4.79 Å². The summed E-state index contributed by atoms with van der Waals surface area (Å²) in [6, 6.07) is 6.56. The monoisotopic (exact) mass is 324 g/mol. The number of carbonyl (C=O) groups excluding carboxylic acids is 1. The molecular formula is C15H21BrN2O. The van der Waals surface area contributed by atoms with Crippen molar-refractivity contribution in [3.63, 3.8) is 0 Å². The number of benzene rings is 1. The van der Waals surface area contributed by atoms with Gasteiger partial charge in [-0.2, -0.15) is 0 Å². The van der Waals surface area contributed by atoms with Gasteiger partial charge in [-0.3, -0.25) is 4.79 Å². The number of halogens is 1. The van der Waals surface area contributed by atoms with Crippen molar-refractivity contribution in [3.05, 3.63) is 28.2 Å². The maximum absolute atomic E-state index is 11.7. The minimum Gasteiger partial charge on any atom is -0.384 e. The lowest BCUT2D eigenvalue weighted by atomic mass is 10.2. The van der Waals surface area contributed by atoms with Crippen molar-refractivity contribution in [1.29, 1.82) is 0 Å². The van der Waals surface area contributed by atoms with Gasteiger partial charge in [-0.1, -0.05) is 34.8 Å². The van der Waals surface area contributed by atoms with Crippen molar-refractivity contribution >= 4 is 27.5 Å². The summed E-state index contributed by atoms with van der Waals surface area (Å²) in [7, 11) is 0. The number of anilines is 1. The predicted octanol–water partition coefficient (Wildman–Crippen LogP) is 3.62. The van der Waals surface area contributed by atoms with Crippen LogP contribution in [0.15, 0.2) is 22.7 Å². The summed E-state index contributed by atoms with van der Waals surface area (Å²) in [5.41, 5.74) is 2.26. The van der Waals surface area contributed by atoms with Gasteiger partial charge in [0.2, 0.25) is 5.91 Å². The molecule has 0 aliphatic heterocycles. The first-order chi connectivity index (χ1) is 9.15. The molecule has 0 unspecified atom stereocenters. The number of hydrogen-bond acceptors (Lipinski definition) is 2. The number of nitrogens with one attached hydrogen (secondary N) is 2. The molecule has 1 fully saturated rings. The van der Waals surface area contributed by atoms with Gasteiger partial charge in [-0.05, 0) is 37.5 Å². The summed E-state index contributed by atoms with van der Waals surface area (Å²) in [6.45, 7) is 2.73. The summed E-state index contributed by atoms with van der Waals surface area (Å²) >= 11 is 3.51. The summed E-state index contributed by atoms with van der Waals surface area (Å²) in [5, 5.41) is 6.38. The van der Waals surface area contributed by atoms with Gasteiger partial charge in [-0.25, -0.2) is 0 Å². The molecule has 1 aliphatic carbocycles. The van der Waals surface area contributed by atoms with E-state index in [1.165, 1.54) is 18.4 Å². The molecule has 104 valence electrons. The van der Waals surface area contributed by atoms with E-state index in [9.17, 15) is 4.79 Å². The van der Waals surface area contributed by atoms with Gasteiger partial charge in [0.1, 0.15) is 0 Å². The summed E-state index contributed by atoms with van der Waals surface area (Å²) < 4.78 is 1.09. The molecule has 2 N–H and O–H groups in total. The molecule has 0 radical (unpaired) electrons. The van der Waals surface area contributed by atoms with E-state index < -0.39 is 0 Å². The van der Waals surface area contributed by atoms with Gasteiger partial charge >= 0.3 is 0 Å². The number of amides is 1. The largest absolute Gasteiger partial charge is 0.384 e. The molecule has 1 saturated carbocycles. The average Bonchev–Trinajstić information content (AvgIpc) is 2.86. The topological polar surface area (TPSA) is 41.1 Å². The van der Waals surface area contributed by atoms with E-state index in [1.54, 1.807) is 0 Å². The van der Waals surface area contributed by atoms with Crippen LogP contribution in [0.3, 0.4) is 0 Å². The minimum atomic E-state index is 0.158. The van der Waals surface area contributed by atoms with E-state index >= 15 is 0 Å². The van der Waals surface area contributed by atoms with Crippen LogP contribution >= 0.6 is 15.9 Å². The Morgan fingerprint density at radius 3 is 2.79 bits per heavy atom. The lowest BCUT2D eigenvalue weighted by molar-refractivity contribution is -0.121. The maximum atomic E-state index is 11.7. The third-order valence-corrected chi connectivity index (χ3v) is 4.43. The Morgan fingerprint density at radius 2 is 2.11 bits per heavy atom. The highest BCUT2D eigenvalue weighted by Gasteiger charge is 2.16. The Bertz CT molecular complexity index is 442. The normalized spacial score (nSPS) is 15.5. The predicted molar refractivity (Wildman–Crippen MR) is 82.4 cm³/mol. The maximum Gasteiger partial charge on any atom is 0.221 e. The Morgan fingerprint density at radius 1 is 1.37 bits per heavy atom. The highest BCUT2D eigenvalue weighted by Crippen LogP contribution is 2.20. The first kappa shape index (κ1) is 14.4. The van der Waals surface area contributed by atoms with Gasteiger partial charge < -0.3 is 10.6 Å². The second kappa shape index (κ2) is 6.94. The first-order valence-corrected chi connectivity index (χ1v) is 7.74. The van der Waals surface area contributed by atoms with Gasteiger partial charge in [0, 0.05) is 29.2 Å². The Hall–Kier alpha value is -1.03. The van der Waals surface area contributed by atoms with Crippen molar-refractivity contribution in [1.82, 2.24) is 5.32 Å². The highest BCUT2D eigenvalue weighted by molar-refractivity contribution is 9.10. The smallest absolute Gasteiger partial charge is 0.221 e. The molecule has 0 saturated heterocycles. The standard InChI is InChI=1S/C15H21BrN2O/c1-11-6-7-13(10-14(11)16)17-9-8-15(19)18-12-4-2-3-5-12/h6-7,10,12,17H,2-5,8-9H2,1H3,(H,18,19). The van der Waals surface area contributed by atoms with Crippen molar-refractivity contribution in [3.8, 4) is 0 Å². The average molecular weight is 325 g/mol. The van der Waals surface area contributed by atoms with Crippen molar-refractivity contribution in [2.24, 2.45) is 0 Å². The lowest BCUT2D eigenvalue weighted by Gasteiger charge is -2.12. The van der Waals surface area contributed by atoms with Crippen LogP contribution in [0.4, 0.5) is 5.69 Å². The fraction of sp³-hybridized carbons (Fsp3) is 0.533. The van der Waals surface area contributed by atoms with E-state index in [4.69, 9.17) is 0 Å². The van der Waals surface area contributed by atoms with Gasteiger partial charge in [0.25, 0.3) is 0 Å². The number of aryl methyl sites for hydroxylation is 1. The fourth-order valence-electron chi connectivity index (χ4n) is 2.39. The minimum absolute atomic E-state index is 0.158. The Kier molecular flexibility index (Phi) is 5.25. The van der Waals surface area contributed by atoms with Crippen LogP contribution in [0.1, 0.15) is 37.7 Å². The van der Waals surface area contributed by atoms with E-state index in [0.717, 1.165) is 23.0 Å². The Balaban J connectivity index is 1.70. The van der Waals surface area contributed by atoms with Crippen LogP contribution in [-0.2, 0) is 4.79 Å². The van der Waals surface area contributed by atoms with E-state index in [1.807, 2.05) is 12.1 Å². The number of hydrogen-bond donors (Lipinski definition) is 2. The molecule has 2 rings (SSSR count). The van der Waals surface area contributed by atoms with E-state index in [0.29, 0.717) is 19.0 Å². The lowest BCUT2D eigenvalue weighted by Crippen LogP contribution is -2.33. The zero-order valence-electron chi connectivity index (χ0n) is 11.3. The van der Waals surface area contributed by atoms with Crippen molar-refractivity contribution in [2.75, 3.05) is 11.9 Å². The molecule has 3 nitrogen and oxygen atoms in total. The molecule has 4 heteroatoms. The van der Waals surface area contributed by atoms with Crippen LogP contribution in [0, 0.1) is 6.92 Å². The quantitative estimate of drug-likeness (QED) is 0.868. The highest BCUT2D eigenvalue weighted by atomic mass is 79.9. The van der Waals surface area contributed by atoms with E-state index in [-0.39, 0.29) is 5.91 Å². The molecule has 1 amide bonds. The van der Waals surface area contributed by atoms with Crippen LogP contribution < -0.4 is 10.6 Å². The van der Waals surface area contributed by atoms with Crippen LogP contribution in [0.25, 0.3) is 0 Å². The first-order valence-electron chi connectivity index (χ1n) is 6.94. The Labute approximate surface area is 123 Å². The van der Waals surface area contributed by atoms with Gasteiger partial charge in [0.15, 0.2) is 0 Å². The van der Waals surface area contributed by atoms with Crippen LogP contribution in [0.2, 0.25) is 0 Å². The van der Waals surface area contributed by atoms with Gasteiger partial charge in [0.05, 0.1) is 0 Å². The van der Waals surface area contributed by atoms with Gasteiger partial charge in [-0.15, -0.1) is 0 Å². The second-order valence-electron chi connectivity index (χ2n) is 5.19. The molecule has 0 bridgehead atoms. The third kappa shape index (κ3) is 4.53. The summed E-state index contributed by atoms with van der Waals surface area (Å²) in [6.07, 6.45) is 5.32. The van der Waals surface area contributed by atoms with Crippen molar-refractivity contribution in [2.45, 2.75) is 45.1 Å². The van der Waals surface area contributed by atoms with E-state index in [2.05, 4.69) is 39.6 Å². The molecular weight excluding hydrogens is 304 g/mol.